The van der Waals surface area contributed by atoms with Crippen LogP contribution in [0.3, 0.4) is 0 Å². The highest BCUT2D eigenvalue weighted by molar-refractivity contribution is 8.01. The molecule has 0 bridgehead atoms. The van der Waals surface area contributed by atoms with Crippen LogP contribution < -0.4 is 5.73 Å². The molecule has 0 spiro atoms. The highest BCUT2D eigenvalue weighted by Crippen LogP contribution is 2.30. The second-order valence-corrected chi connectivity index (χ2v) is 6.71. The number of aliphatic hydroxyl groups is 1. The third-order valence-corrected chi connectivity index (χ3v) is 5.09. The number of hydrogen-bond acceptors (Lipinski definition) is 6. The van der Waals surface area contributed by atoms with Crippen molar-refractivity contribution in [2.75, 3.05) is 18.1 Å². The number of nitrogens with zero attached hydrogens (tertiary/aromatic N) is 1. The summed E-state index contributed by atoms with van der Waals surface area (Å²) in [6, 6.07) is 9.93. The van der Waals surface area contributed by atoms with Crippen molar-refractivity contribution in [2.45, 2.75) is 23.8 Å². The molecule has 1 atom stereocenters. The number of thioether (sulfide) groups is 1. The minimum Gasteiger partial charge on any atom is -0.390 e. The molecule has 1 unspecified atom stereocenters. The number of thiazole rings is 1. The lowest BCUT2D eigenvalue weighted by atomic mass is 10.2. The van der Waals surface area contributed by atoms with Crippen LogP contribution in [-0.4, -0.2) is 28.6 Å². The Balaban J connectivity index is 1.68. The van der Waals surface area contributed by atoms with Crippen molar-refractivity contribution in [1.82, 2.24) is 4.98 Å². The molecule has 3 N–H and O–H groups in total. The number of aromatic nitrogens is 1. The summed E-state index contributed by atoms with van der Waals surface area (Å²) in [6.45, 7) is 2.78. The van der Waals surface area contributed by atoms with Gasteiger partial charge in [0, 0.05) is 5.75 Å². The molecule has 6 heteroatoms. The summed E-state index contributed by atoms with van der Waals surface area (Å²) in [7, 11) is 0. The zero-order valence-electron chi connectivity index (χ0n) is 11.3. The smallest absolute Gasteiger partial charge is 0.181 e. The summed E-state index contributed by atoms with van der Waals surface area (Å²) in [6.07, 6.45) is -0.494. The van der Waals surface area contributed by atoms with Gasteiger partial charge in [-0.25, -0.2) is 4.98 Å². The van der Waals surface area contributed by atoms with E-state index in [1.807, 2.05) is 37.3 Å². The minimum absolute atomic E-state index is 0.329. The third-order valence-electron chi connectivity index (χ3n) is 2.60. The van der Waals surface area contributed by atoms with E-state index in [0.717, 1.165) is 15.5 Å². The predicted octanol–water partition coefficient (Wildman–Crippen LogP) is 2.70. The summed E-state index contributed by atoms with van der Waals surface area (Å²) in [5.74, 6) is 0.581. The van der Waals surface area contributed by atoms with Crippen molar-refractivity contribution in [3.8, 4) is 0 Å². The van der Waals surface area contributed by atoms with Crippen LogP contribution in [0.1, 0.15) is 11.3 Å². The maximum Gasteiger partial charge on any atom is 0.181 e. The molecule has 2 rings (SSSR count). The van der Waals surface area contributed by atoms with Crippen LogP contribution >= 0.6 is 23.1 Å². The molecule has 0 saturated heterocycles. The molecular weight excluding hydrogens is 292 g/mol. The van der Waals surface area contributed by atoms with E-state index in [0.29, 0.717) is 24.1 Å². The first-order valence-electron chi connectivity index (χ1n) is 6.30. The van der Waals surface area contributed by atoms with E-state index in [1.165, 1.54) is 11.3 Å². The van der Waals surface area contributed by atoms with Gasteiger partial charge in [0.05, 0.1) is 29.2 Å². The van der Waals surface area contributed by atoms with Gasteiger partial charge in [0.1, 0.15) is 0 Å². The fourth-order valence-electron chi connectivity index (χ4n) is 1.64. The lowest BCUT2D eigenvalue weighted by Crippen LogP contribution is -2.17. The number of ether oxygens (including phenoxy) is 1. The van der Waals surface area contributed by atoms with Gasteiger partial charge >= 0.3 is 0 Å². The van der Waals surface area contributed by atoms with Crippen molar-refractivity contribution in [3.05, 3.63) is 41.6 Å². The molecular formula is C14H18N2O2S2. The van der Waals surface area contributed by atoms with Crippen LogP contribution in [0, 0.1) is 6.92 Å². The Kier molecular flexibility index (Phi) is 5.85. The molecule has 0 fully saturated rings. The monoisotopic (exact) mass is 310 g/mol. The van der Waals surface area contributed by atoms with E-state index in [1.54, 1.807) is 11.8 Å². The van der Waals surface area contributed by atoms with E-state index in [9.17, 15) is 5.11 Å². The standard InChI is InChI=1S/C14H18N2O2S2/c1-10-13(20-14(15)16-10)19-9-12(17)8-18-7-11-5-3-2-4-6-11/h2-6,12,17H,7-9H2,1H3,(H2,15,16). The Morgan fingerprint density at radius 1 is 1.40 bits per heavy atom. The Hall–Kier alpha value is -1.08. The number of aryl methyl sites for hydroxylation is 1. The fraction of sp³-hybridized carbons (Fsp3) is 0.357. The minimum atomic E-state index is -0.494. The van der Waals surface area contributed by atoms with E-state index >= 15 is 0 Å². The average Bonchev–Trinajstić information content (AvgIpc) is 2.76. The molecule has 20 heavy (non-hydrogen) atoms. The van der Waals surface area contributed by atoms with Gasteiger partial charge < -0.3 is 15.6 Å². The lowest BCUT2D eigenvalue weighted by Gasteiger charge is -2.10. The molecule has 1 aromatic heterocycles. The molecule has 1 heterocycles. The first kappa shape index (κ1) is 15.3. The zero-order valence-corrected chi connectivity index (χ0v) is 12.9. The Bertz CT molecular complexity index is 531. The van der Waals surface area contributed by atoms with E-state index in [-0.39, 0.29) is 0 Å². The van der Waals surface area contributed by atoms with Gasteiger partial charge in [-0.15, -0.1) is 11.8 Å². The number of nitrogen functional groups attached to an aromatic ring is 1. The zero-order chi connectivity index (χ0) is 14.4. The van der Waals surface area contributed by atoms with Gasteiger partial charge in [-0.05, 0) is 12.5 Å². The van der Waals surface area contributed by atoms with Crippen LogP contribution in [0.2, 0.25) is 0 Å². The maximum atomic E-state index is 9.89. The topological polar surface area (TPSA) is 68.4 Å². The van der Waals surface area contributed by atoms with E-state index < -0.39 is 6.10 Å². The summed E-state index contributed by atoms with van der Waals surface area (Å²) in [5, 5.41) is 10.5. The first-order chi connectivity index (χ1) is 9.65. The SMILES string of the molecule is Cc1nc(N)sc1SCC(O)COCc1ccccc1. The van der Waals surface area contributed by atoms with E-state index in [4.69, 9.17) is 10.5 Å². The maximum absolute atomic E-state index is 9.89. The number of aliphatic hydroxyl groups excluding tert-OH is 1. The van der Waals surface area contributed by atoms with Crippen LogP contribution in [0.25, 0.3) is 0 Å². The summed E-state index contributed by atoms with van der Waals surface area (Å²) in [4.78, 5) is 4.15. The second-order valence-electron chi connectivity index (χ2n) is 4.39. The van der Waals surface area contributed by atoms with Crippen molar-refractivity contribution < 1.29 is 9.84 Å². The molecule has 0 radical (unpaired) electrons. The summed E-state index contributed by atoms with van der Waals surface area (Å²) < 4.78 is 6.56. The van der Waals surface area contributed by atoms with Gasteiger partial charge in [0.2, 0.25) is 0 Å². The summed E-state index contributed by atoms with van der Waals surface area (Å²) >= 11 is 3.02. The normalized spacial score (nSPS) is 12.5. The van der Waals surface area contributed by atoms with Gasteiger partial charge in [-0.1, -0.05) is 41.7 Å². The Labute approximate surface area is 127 Å². The number of nitrogens with two attached hydrogens (primary N) is 1. The highest BCUT2D eigenvalue weighted by atomic mass is 32.2. The number of hydrogen-bond donors (Lipinski definition) is 2. The molecule has 0 aliphatic rings. The molecule has 0 amide bonds. The second kappa shape index (κ2) is 7.64. The van der Waals surface area contributed by atoms with Crippen LogP contribution in [0.4, 0.5) is 5.13 Å². The predicted molar refractivity (Wildman–Crippen MR) is 84.1 cm³/mol. The van der Waals surface area contributed by atoms with Gasteiger partial charge in [-0.3, -0.25) is 0 Å². The van der Waals surface area contributed by atoms with E-state index in [2.05, 4.69) is 4.98 Å². The van der Waals surface area contributed by atoms with Gasteiger partial charge in [-0.2, -0.15) is 0 Å². The Morgan fingerprint density at radius 3 is 2.80 bits per heavy atom. The molecule has 108 valence electrons. The summed E-state index contributed by atoms with van der Waals surface area (Å²) in [5.41, 5.74) is 7.67. The van der Waals surface area contributed by atoms with Crippen molar-refractivity contribution in [2.24, 2.45) is 0 Å². The lowest BCUT2D eigenvalue weighted by molar-refractivity contribution is 0.0398. The molecule has 0 aliphatic heterocycles. The van der Waals surface area contributed by atoms with Crippen LogP contribution in [-0.2, 0) is 11.3 Å². The van der Waals surface area contributed by atoms with Crippen molar-refractivity contribution in [1.29, 1.82) is 0 Å². The molecule has 1 aromatic carbocycles. The highest BCUT2D eigenvalue weighted by Gasteiger charge is 2.10. The van der Waals surface area contributed by atoms with Crippen LogP contribution in [0.5, 0.6) is 0 Å². The third kappa shape index (κ3) is 4.79. The first-order valence-corrected chi connectivity index (χ1v) is 8.11. The molecule has 0 saturated carbocycles. The molecule has 0 aliphatic carbocycles. The largest absolute Gasteiger partial charge is 0.390 e. The van der Waals surface area contributed by atoms with Gasteiger partial charge in [0.15, 0.2) is 5.13 Å². The number of benzene rings is 1. The number of rotatable bonds is 7. The molecule has 4 nitrogen and oxygen atoms in total. The number of anilines is 1. The molecule has 2 aromatic rings. The quantitative estimate of drug-likeness (QED) is 0.770. The van der Waals surface area contributed by atoms with Gasteiger partial charge in [0.25, 0.3) is 0 Å². The van der Waals surface area contributed by atoms with Crippen molar-refractivity contribution >= 4 is 28.2 Å². The average molecular weight is 310 g/mol. The van der Waals surface area contributed by atoms with Crippen LogP contribution in [0.15, 0.2) is 34.5 Å². The fourth-order valence-corrected chi connectivity index (χ4v) is 3.60. The van der Waals surface area contributed by atoms with Crippen molar-refractivity contribution in [3.63, 3.8) is 0 Å². The Morgan fingerprint density at radius 2 is 2.15 bits per heavy atom.